The molecule has 17 heavy (non-hydrogen) atoms. The molecule has 4 heteroatoms. The van der Waals surface area contributed by atoms with Gasteiger partial charge in [-0.1, -0.05) is 19.3 Å². The summed E-state index contributed by atoms with van der Waals surface area (Å²) < 4.78 is 5.29. The van der Waals surface area contributed by atoms with E-state index in [1.165, 1.54) is 19.3 Å². The molecule has 1 aliphatic heterocycles. The Balaban J connectivity index is 0.00000144. The van der Waals surface area contributed by atoms with E-state index in [9.17, 15) is 4.79 Å². The Labute approximate surface area is 110 Å². The molecule has 2 aliphatic rings. The molecule has 0 spiro atoms. The van der Waals surface area contributed by atoms with Gasteiger partial charge in [0.1, 0.15) is 0 Å². The largest absolute Gasteiger partial charge is 0.466 e. The predicted molar refractivity (Wildman–Crippen MR) is 70.4 cm³/mol. The number of rotatable bonds is 4. The van der Waals surface area contributed by atoms with Crippen LogP contribution < -0.4 is 5.32 Å². The van der Waals surface area contributed by atoms with Gasteiger partial charge in [0.25, 0.3) is 0 Å². The van der Waals surface area contributed by atoms with Gasteiger partial charge in [-0.15, -0.1) is 12.4 Å². The number of hydrogen-bond acceptors (Lipinski definition) is 3. The molecule has 1 saturated heterocycles. The SMILES string of the molecule is CCOC(=O)C1(CC2CCC2)CCNCC1.Cl. The molecule has 100 valence electrons. The Morgan fingerprint density at radius 1 is 1.35 bits per heavy atom. The number of piperidine rings is 1. The van der Waals surface area contributed by atoms with E-state index in [4.69, 9.17) is 4.74 Å². The lowest BCUT2D eigenvalue weighted by molar-refractivity contribution is -0.159. The summed E-state index contributed by atoms with van der Waals surface area (Å²) in [6, 6.07) is 0. The fraction of sp³-hybridized carbons (Fsp3) is 0.923. The zero-order valence-corrected chi connectivity index (χ0v) is 11.5. The third-order valence-electron chi connectivity index (χ3n) is 4.17. The maximum absolute atomic E-state index is 12.1. The maximum atomic E-state index is 12.1. The van der Waals surface area contributed by atoms with Crippen molar-refractivity contribution < 1.29 is 9.53 Å². The number of halogens is 1. The summed E-state index contributed by atoms with van der Waals surface area (Å²) in [6.45, 7) is 4.34. The fourth-order valence-electron chi connectivity index (χ4n) is 2.93. The second-order valence-electron chi connectivity index (χ2n) is 5.25. The van der Waals surface area contributed by atoms with Gasteiger partial charge in [0.05, 0.1) is 12.0 Å². The number of ether oxygens (including phenoxy) is 1. The Kier molecular flexibility index (Phi) is 5.74. The van der Waals surface area contributed by atoms with Crippen LogP contribution in [0.3, 0.4) is 0 Å². The standard InChI is InChI=1S/C13H23NO2.ClH/c1-2-16-12(15)13(6-8-14-9-7-13)10-11-4-3-5-11;/h11,14H,2-10H2,1H3;1H. The van der Waals surface area contributed by atoms with Crippen LogP contribution >= 0.6 is 12.4 Å². The summed E-state index contributed by atoms with van der Waals surface area (Å²) in [5, 5.41) is 3.34. The van der Waals surface area contributed by atoms with Crippen molar-refractivity contribution in [1.29, 1.82) is 0 Å². The molecule has 0 aromatic heterocycles. The van der Waals surface area contributed by atoms with E-state index in [2.05, 4.69) is 5.32 Å². The number of carbonyl (C=O) groups is 1. The predicted octanol–water partition coefficient (Wildman–Crippen LogP) is 2.53. The minimum absolute atomic E-state index is 0. The summed E-state index contributed by atoms with van der Waals surface area (Å²) in [5.74, 6) is 0.839. The van der Waals surface area contributed by atoms with Gasteiger partial charge in [-0.05, 0) is 45.2 Å². The Morgan fingerprint density at radius 2 is 2.00 bits per heavy atom. The summed E-state index contributed by atoms with van der Waals surface area (Å²) in [5.41, 5.74) is -0.160. The van der Waals surface area contributed by atoms with Crippen molar-refractivity contribution >= 4 is 18.4 Å². The molecular formula is C13H24ClNO2. The number of carbonyl (C=O) groups excluding carboxylic acids is 1. The van der Waals surface area contributed by atoms with Gasteiger partial charge >= 0.3 is 5.97 Å². The number of esters is 1. The van der Waals surface area contributed by atoms with E-state index in [0.717, 1.165) is 38.3 Å². The molecule has 1 heterocycles. The molecule has 1 aliphatic carbocycles. The molecule has 2 rings (SSSR count). The molecule has 0 aromatic rings. The Bertz CT molecular complexity index is 248. The van der Waals surface area contributed by atoms with Crippen LogP contribution in [0.1, 0.15) is 45.4 Å². The van der Waals surface area contributed by atoms with E-state index in [1.54, 1.807) is 0 Å². The molecular weight excluding hydrogens is 238 g/mol. The molecule has 0 bridgehead atoms. The Morgan fingerprint density at radius 3 is 2.47 bits per heavy atom. The number of nitrogens with one attached hydrogen (secondary N) is 1. The Hall–Kier alpha value is -0.280. The molecule has 0 radical (unpaired) electrons. The zero-order chi connectivity index (χ0) is 11.4. The average Bonchev–Trinajstić information content (AvgIpc) is 2.25. The van der Waals surface area contributed by atoms with Crippen molar-refractivity contribution in [2.75, 3.05) is 19.7 Å². The first-order valence-corrected chi connectivity index (χ1v) is 6.65. The highest BCUT2D eigenvalue weighted by Crippen LogP contribution is 2.43. The molecule has 0 atom stereocenters. The minimum atomic E-state index is -0.160. The first-order chi connectivity index (χ1) is 7.77. The van der Waals surface area contributed by atoms with Gasteiger partial charge in [-0.2, -0.15) is 0 Å². The van der Waals surface area contributed by atoms with Crippen LogP contribution in [0.15, 0.2) is 0 Å². The van der Waals surface area contributed by atoms with Crippen LogP contribution in [0.25, 0.3) is 0 Å². The van der Waals surface area contributed by atoms with Crippen molar-refractivity contribution in [2.24, 2.45) is 11.3 Å². The van der Waals surface area contributed by atoms with Crippen molar-refractivity contribution in [3.05, 3.63) is 0 Å². The summed E-state index contributed by atoms with van der Waals surface area (Å²) in [6.07, 6.45) is 6.96. The van der Waals surface area contributed by atoms with Gasteiger partial charge in [-0.25, -0.2) is 0 Å². The van der Waals surface area contributed by atoms with Gasteiger partial charge in [0, 0.05) is 0 Å². The summed E-state index contributed by atoms with van der Waals surface area (Å²) in [4.78, 5) is 12.1. The summed E-state index contributed by atoms with van der Waals surface area (Å²) >= 11 is 0. The highest BCUT2D eigenvalue weighted by atomic mass is 35.5. The average molecular weight is 262 g/mol. The van der Waals surface area contributed by atoms with Gasteiger partial charge in [0.2, 0.25) is 0 Å². The van der Waals surface area contributed by atoms with Crippen molar-refractivity contribution in [1.82, 2.24) is 5.32 Å². The topological polar surface area (TPSA) is 38.3 Å². The fourth-order valence-corrected chi connectivity index (χ4v) is 2.93. The van der Waals surface area contributed by atoms with E-state index < -0.39 is 0 Å². The first-order valence-electron chi connectivity index (χ1n) is 6.65. The molecule has 0 aromatic carbocycles. The van der Waals surface area contributed by atoms with Crippen LogP contribution in [0.5, 0.6) is 0 Å². The highest BCUT2D eigenvalue weighted by molar-refractivity contribution is 5.85. The van der Waals surface area contributed by atoms with Gasteiger partial charge < -0.3 is 10.1 Å². The monoisotopic (exact) mass is 261 g/mol. The van der Waals surface area contributed by atoms with Crippen LogP contribution in [0, 0.1) is 11.3 Å². The van der Waals surface area contributed by atoms with Crippen LogP contribution in [0.4, 0.5) is 0 Å². The van der Waals surface area contributed by atoms with E-state index in [0.29, 0.717) is 6.61 Å². The highest BCUT2D eigenvalue weighted by Gasteiger charge is 2.43. The molecule has 3 nitrogen and oxygen atoms in total. The van der Waals surface area contributed by atoms with Crippen LogP contribution in [0.2, 0.25) is 0 Å². The zero-order valence-electron chi connectivity index (χ0n) is 10.7. The van der Waals surface area contributed by atoms with Crippen LogP contribution in [-0.2, 0) is 9.53 Å². The van der Waals surface area contributed by atoms with Crippen LogP contribution in [-0.4, -0.2) is 25.7 Å². The minimum Gasteiger partial charge on any atom is -0.466 e. The maximum Gasteiger partial charge on any atom is 0.312 e. The molecule has 1 saturated carbocycles. The molecule has 2 fully saturated rings. The van der Waals surface area contributed by atoms with E-state index in [-0.39, 0.29) is 23.8 Å². The molecule has 0 unspecified atom stereocenters. The normalized spacial score (nSPS) is 23.4. The quantitative estimate of drug-likeness (QED) is 0.791. The molecule has 0 amide bonds. The van der Waals surface area contributed by atoms with E-state index in [1.807, 2.05) is 6.92 Å². The van der Waals surface area contributed by atoms with E-state index >= 15 is 0 Å². The lowest BCUT2D eigenvalue weighted by Crippen LogP contribution is -2.45. The van der Waals surface area contributed by atoms with Crippen molar-refractivity contribution in [2.45, 2.75) is 45.4 Å². The van der Waals surface area contributed by atoms with Gasteiger partial charge in [0.15, 0.2) is 0 Å². The van der Waals surface area contributed by atoms with Gasteiger partial charge in [-0.3, -0.25) is 4.79 Å². The van der Waals surface area contributed by atoms with Crippen molar-refractivity contribution in [3.8, 4) is 0 Å². The molecule has 1 N–H and O–H groups in total. The summed E-state index contributed by atoms with van der Waals surface area (Å²) in [7, 11) is 0. The second-order valence-corrected chi connectivity index (χ2v) is 5.25. The number of hydrogen-bond donors (Lipinski definition) is 1. The lowest BCUT2D eigenvalue weighted by Gasteiger charge is -2.40. The van der Waals surface area contributed by atoms with Crippen molar-refractivity contribution in [3.63, 3.8) is 0 Å². The third kappa shape index (κ3) is 3.35. The lowest BCUT2D eigenvalue weighted by atomic mass is 9.67. The first kappa shape index (κ1) is 14.8. The third-order valence-corrected chi connectivity index (χ3v) is 4.17. The second kappa shape index (κ2) is 6.60. The smallest absolute Gasteiger partial charge is 0.312 e.